The van der Waals surface area contributed by atoms with Gasteiger partial charge in [0.15, 0.2) is 5.69 Å². The van der Waals surface area contributed by atoms with Gasteiger partial charge in [0.2, 0.25) is 6.08 Å². The number of rotatable bonds is 1. The van der Waals surface area contributed by atoms with Gasteiger partial charge in [-0.25, -0.2) is 4.79 Å². The molecule has 1 heterocycles. The molecule has 18 heavy (non-hydrogen) atoms. The maximum atomic E-state index is 13.0. The van der Waals surface area contributed by atoms with Crippen LogP contribution in [0.25, 0.3) is 10.9 Å². The third-order valence-corrected chi connectivity index (χ3v) is 2.76. The smallest absolute Gasteiger partial charge is 0.338 e. The molecule has 0 radical (unpaired) electrons. The molecule has 2 rings (SSSR count). The molecule has 6 heteroatoms. The van der Waals surface area contributed by atoms with Crippen LogP contribution >= 0.6 is 0 Å². The average molecular weight is 254 g/mol. The Morgan fingerprint density at radius 3 is 2.56 bits per heavy atom. The number of aliphatic imine (C=N–C) groups is 1. The topological polar surface area (TPSA) is 34.4 Å². The number of hydrogen-bond acceptors (Lipinski definition) is 2. The summed E-state index contributed by atoms with van der Waals surface area (Å²) in [5, 5.41) is 0.291. The molecule has 0 amide bonds. The molecule has 0 aliphatic rings. The highest BCUT2D eigenvalue weighted by Crippen LogP contribution is 2.42. The van der Waals surface area contributed by atoms with E-state index in [4.69, 9.17) is 0 Å². The van der Waals surface area contributed by atoms with Crippen molar-refractivity contribution in [2.45, 2.75) is 13.1 Å². The third kappa shape index (κ3) is 1.80. The highest BCUT2D eigenvalue weighted by molar-refractivity contribution is 5.95. The summed E-state index contributed by atoms with van der Waals surface area (Å²) in [7, 11) is 1.30. The minimum Gasteiger partial charge on any atom is -0.338 e. The second kappa shape index (κ2) is 3.99. The minimum absolute atomic E-state index is 0.291. The molecule has 0 unspecified atom stereocenters. The zero-order valence-electron chi connectivity index (χ0n) is 9.67. The Balaban J connectivity index is 2.96. The van der Waals surface area contributed by atoms with Crippen LogP contribution in [0.15, 0.2) is 23.2 Å². The molecule has 1 aromatic carbocycles. The van der Waals surface area contributed by atoms with Crippen LogP contribution in [0.4, 0.5) is 18.9 Å². The number of halogens is 3. The molecule has 1 aromatic heterocycles. The van der Waals surface area contributed by atoms with E-state index in [1.807, 2.05) is 0 Å². The van der Waals surface area contributed by atoms with Crippen LogP contribution in [-0.2, 0) is 18.0 Å². The van der Waals surface area contributed by atoms with E-state index < -0.39 is 11.9 Å². The fraction of sp³-hybridized carbons (Fsp3) is 0.250. The van der Waals surface area contributed by atoms with Crippen molar-refractivity contribution in [1.82, 2.24) is 4.57 Å². The second-order valence-corrected chi connectivity index (χ2v) is 3.98. The van der Waals surface area contributed by atoms with Crippen LogP contribution in [0.1, 0.15) is 11.3 Å². The van der Waals surface area contributed by atoms with Crippen molar-refractivity contribution in [3.63, 3.8) is 0 Å². The van der Waals surface area contributed by atoms with E-state index in [0.717, 1.165) is 10.1 Å². The number of fused-ring (bicyclic) bond motifs is 1. The molecule has 0 aliphatic carbocycles. The van der Waals surface area contributed by atoms with Crippen molar-refractivity contribution in [2.24, 2.45) is 12.0 Å². The van der Waals surface area contributed by atoms with Crippen LogP contribution in [0.5, 0.6) is 0 Å². The van der Waals surface area contributed by atoms with E-state index >= 15 is 0 Å². The Morgan fingerprint density at radius 2 is 2.00 bits per heavy atom. The summed E-state index contributed by atoms with van der Waals surface area (Å²) in [5.74, 6) is 0. The number of aromatic nitrogens is 1. The number of benzene rings is 1. The first-order valence-corrected chi connectivity index (χ1v) is 5.10. The maximum Gasteiger partial charge on any atom is 0.433 e. The minimum atomic E-state index is -4.57. The SMILES string of the molecule is Cc1ccc2c(N=C=O)c(C(F)(F)F)n(C)c2c1. The van der Waals surface area contributed by atoms with Crippen LogP contribution in [-0.4, -0.2) is 10.6 Å². The van der Waals surface area contributed by atoms with Gasteiger partial charge in [0.05, 0.1) is 5.52 Å². The average Bonchev–Trinajstić information content (AvgIpc) is 2.52. The predicted octanol–water partition coefficient (Wildman–Crippen LogP) is 3.47. The van der Waals surface area contributed by atoms with Gasteiger partial charge in [-0.15, -0.1) is 0 Å². The summed E-state index contributed by atoms with van der Waals surface area (Å²) in [6.07, 6.45) is -3.39. The van der Waals surface area contributed by atoms with Gasteiger partial charge >= 0.3 is 6.18 Å². The number of nitrogens with zero attached hydrogens (tertiary/aromatic N) is 2. The van der Waals surface area contributed by atoms with Crippen LogP contribution in [0.3, 0.4) is 0 Å². The summed E-state index contributed by atoms with van der Waals surface area (Å²) in [5.41, 5.74) is -0.101. The quantitative estimate of drug-likeness (QED) is 0.566. The highest BCUT2D eigenvalue weighted by Gasteiger charge is 2.38. The fourth-order valence-electron chi connectivity index (χ4n) is 2.01. The number of alkyl halides is 3. The van der Waals surface area contributed by atoms with Crippen molar-refractivity contribution in [2.75, 3.05) is 0 Å². The molecule has 0 N–H and O–H groups in total. The molecule has 0 saturated heterocycles. The Kier molecular flexibility index (Phi) is 2.75. The fourth-order valence-corrected chi connectivity index (χ4v) is 2.01. The molecule has 0 aliphatic heterocycles. The zero-order valence-corrected chi connectivity index (χ0v) is 9.67. The van der Waals surface area contributed by atoms with Crippen molar-refractivity contribution in [1.29, 1.82) is 0 Å². The van der Waals surface area contributed by atoms with Gasteiger partial charge in [-0.1, -0.05) is 12.1 Å². The molecular weight excluding hydrogens is 245 g/mol. The van der Waals surface area contributed by atoms with Gasteiger partial charge in [0.1, 0.15) is 5.69 Å². The van der Waals surface area contributed by atoms with Crippen LogP contribution in [0.2, 0.25) is 0 Å². The van der Waals surface area contributed by atoms with Gasteiger partial charge in [0, 0.05) is 12.4 Å². The summed E-state index contributed by atoms with van der Waals surface area (Å²) in [4.78, 5) is 13.5. The first-order chi connectivity index (χ1) is 8.36. The molecule has 0 atom stereocenters. The standard InChI is InChI=1S/C12H9F3N2O/c1-7-3-4-8-9(5-7)17(2)11(12(13,14)15)10(8)16-6-18/h3-5H,1-2H3. The van der Waals surface area contributed by atoms with Crippen LogP contribution in [0, 0.1) is 6.92 Å². The van der Waals surface area contributed by atoms with E-state index in [1.165, 1.54) is 19.2 Å². The summed E-state index contributed by atoms with van der Waals surface area (Å²) in [6, 6.07) is 4.82. The second-order valence-electron chi connectivity index (χ2n) is 3.98. The van der Waals surface area contributed by atoms with Crippen LogP contribution < -0.4 is 0 Å². The summed E-state index contributed by atoms with van der Waals surface area (Å²) in [6.45, 7) is 1.78. The predicted molar refractivity (Wildman–Crippen MR) is 60.4 cm³/mol. The summed E-state index contributed by atoms with van der Waals surface area (Å²) >= 11 is 0. The lowest BCUT2D eigenvalue weighted by Crippen LogP contribution is -2.11. The highest BCUT2D eigenvalue weighted by atomic mass is 19.4. The van der Waals surface area contributed by atoms with Gasteiger partial charge in [-0.3, -0.25) is 0 Å². The largest absolute Gasteiger partial charge is 0.433 e. The van der Waals surface area contributed by atoms with E-state index in [1.54, 1.807) is 19.1 Å². The third-order valence-electron chi connectivity index (χ3n) is 2.76. The van der Waals surface area contributed by atoms with Gasteiger partial charge < -0.3 is 4.57 Å². The van der Waals surface area contributed by atoms with Gasteiger partial charge in [0.25, 0.3) is 0 Å². The Labute approximate surface area is 101 Å². The number of hydrogen-bond donors (Lipinski definition) is 0. The van der Waals surface area contributed by atoms with E-state index in [-0.39, 0.29) is 5.69 Å². The van der Waals surface area contributed by atoms with Gasteiger partial charge in [-0.05, 0) is 18.6 Å². The molecule has 3 nitrogen and oxygen atoms in total. The molecule has 0 fully saturated rings. The van der Waals surface area contributed by atoms with Crippen molar-refractivity contribution in [3.8, 4) is 0 Å². The normalized spacial score (nSPS) is 11.6. The van der Waals surface area contributed by atoms with E-state index in [0.29, 0.717) is 10.9 Å². The lowest BCUT2D eigenvalue weighted by atomic mass is 10.1. The molecule has 0 bridgehead atoms. The summed E-state index contributed by atoms with van der Waals surface area (Å²) < 4.78 is 39.9. The number of aryl methyl sites for hydroxylation is 2. The lowest BCUT2D eigenvalue weighted by molar-refractivity contribution is -0.142. The van der Waals surface area contributed by atoms with E-state index in [9.17, 15) is 18.0 Å². The zero-order chi connectivity index (χ0) is 13.5. The van der Waals surface area contributed by atoms with E-state index in [2.05, 4.69) is 4.99 Å². The number of carbonyl (C=O) groups excluding carboxylic acids is 1. The van der Waals surface area contributed by atoms with Crippen molar-refractivity contribution in [3.05, 3.63) is 29.5 Å². The van der Waals surface area contributed by atoms with Crippen molar-refractivity contribution >= 4 is 22.7 Å². The lowest BCUT2D eigenvalue weighted by Gasteiger charge is -2.08. The Morgan fingerprint density at radius 1 is 1.33 bits per heavy atom. The molecule has 2 aromatic rings. The van der Waals surface area contributed by atoms with Gasteiger partial charge in [-0.2, -0.15) is 18.2 Å². The monoisotopic (exact) mass is 254 g/mol. The van der Waals surface area contributed by atoms with Crippen molar-refractivity contribution < 1.29 is 18.0 Å². The maximum absolute atomic E-state index is 13.0. The molecular formula is C12H9F3N2O. The first kappa shape index (κ1) is 12.4. The first-order valence-electron chi connectivity index (χ1n) is 5.10. The molecule has 94 valence electrons. The Bertz CT molecular complexity index is 664. The Hall–Kier alpha value is -2.07. The molecule has 0 saturated carbocycles. The molecule has 0 spiro atoms. The number of isocyanates is 1.